The minimum atomic E-state index is -0.344. The number of hydrogen-bond acceptors (Lipinski definition) is 5. The topological polar surface area (TPSA) is 128 Å². The maximum atomic E-state index is 10.2. The lowest BCUT2D eigenvalue weighted by Gasteiger charge is -2.20. The molecule has 6 N–H and O–H groups in total. The predicted molar refractivity (Wildman–Crippen MR) is 55.2 cm³/mol. The molecule has 7 nitrogen and oxygen atoms in total. The first-order valence-electron chi connectivity index (χ1n) is 3.66. The van der Waals surface area contributed by atoms with E-state index in [1.807, 2.05) is 0 Å². The summed E-state index contributed by atoms with van der Waals surface area (Å²) in [7, 11) is 0. The predicted octanol–water partition coefficient (Wildman–Crippen LogP) is -1.78. The summed E-state index contributed by atoms with van der Waals surface area (Å²) in [4.78, 5) is 10.2. The van der Waals surface area contributed by atoms with Gasteiger partial charge in [-0.1, -0.05) is 12.8 Å². The van der Waals surface area contributed by atoms with E-state index in [0.717, 1.165) is 13.2 Å². The second-order valence-corrected chi connectivity index (χ2v) is 3.02. The van der Waals surface area contributed by atoms with Gasteiger partial charge in [-0.2, -0.15) is 0 Å². The average molecular weight is 230 g/mol. The van der Waals surface area contributed by atoms with Crippen molar-refractivity contribution in [3.63, 3.8) is 0 Å². The Kier molecular flexibility index (Phi) is 8.89. The van der Waals surface area contributed by atoms with Crippen LogP contribution in [0.4, 0.5) is 4.79 Å². The highest BCUT2D eigenvalue weighted by atomic mass is 32.1. The number of cyclic esters (lactones) is 1. The summed E-state index contributed by atoms with van der Waals surface area (Å²) in [5.74, 6) is 0. The molecule has 2 rings (SSSR count). The van der Waals surface area contributed by atoms with Gasteiger partial charge >= 0.3 is 6.09 Å². The Bertz CT molecular complexity index is 172. The number of rotatable bonds is 0. The quantitative estimate of drug-likeness (QED) is 0.477. The van der Waals surface area contributed by atoms with Crippen molar-refractivity contribution in [3.8, 4) is 0 Å². The van der Waals surface area contributed by atoms with Crippen LogP contribution in [-0.4, -0.2) is 53.8 Å². The summed E-state index contributed by atoms with van der Waals surface area (Å²) in [5.41, 5.74) is 5.25. The first-order chi connectivity index (χ1) is 5.70. The van der Waals surface area contributed by atoms with E-state index in [-0.39, 0.29) is 18.5 Å². The van der Waals surface area contributed by atoms with E-state index in [4.69, 9.17) is 10.5 Å². The van der Waals surface area contributed by atoms with E-state index in [2.05, 4.69) is 17.6 Å². The molecule has 0 spiro atoms. The molecule has 8 heteroatoms. The van der Waals surface area contributed by atoms with Crippen LogP contribution in [0.1, 0.15) is 1.43 Å². The lowest BCUT2D eigenvalue weighted by molar-refractivity contribution is 0.0121. The van der Waals surface area contributed by atoms with Crippen molar-refractivity contribution in [2.24, 2.45) is 5.73 Å². The van der Waals surface area contributed by atoms with Crippen LogP contribution in [0.5, 0.6) is 0 Å². The summed E-state index contributed by atoms with van der Waals surface area (Å²) >= 11 is 3.75. The molecule has 0 radical (unpaired) electrons. The summed E-state index contributed by atoms with van der Waals surface area (Å²) in [6.07, 6.45) is -0.344. The number of nitrogens with two attached hydrogens (primary N) is 1. The Morgan fingerprint density at radius 2 is 2.00 bits per heavy atom. The van der Waals surface area contributed by atoms with E-state index in [1.165, 1.54) is 4.31 Å². The van der Waals surface area contributed by atoms with E-state index in [1.54, 1.807) is 0 Å². The lowest BCUT2D eigenvalue weighted by atomic mass is 10.3. The smallest absolute Gasteiger partial charge is 0.419 e. The molecule has 0 saturated carbocycles. The maximum absolute atomic E-state index is 10.2. The number of hydrogen-bond donors (Lipinski definition) is 2. The molecule has 0 unspecified atom stereocenters. The van der Waals surface area contributed by atoms with Crippen LogP contribution in [0.3, 0.4) is 0 Å². The highest BCUT2D eigenvalue weighted by Crippen LogP contribution is 2.03. The number of amides is 1. The van der Waals surface area contributed by atoms with Crippen molar-refractivity contribution < 1.29 is 26.6 Å². The zero-order valence-electron chi connectivity index (χ0n) is 7.60. The second kappa shape index (κ2) is 7.83. The van der Waals surface area contributed by atoms with Gasteiger partial charge in [-0.15, -0.1) is 0 Å². The number of carbonyl (C=O) groups excluding carboxylic acids is 1. The number of nitrogens with zero attached hydrogens (tertiary/aromatic N) is 1. The van der Waals surface area contributed by atoms with Gasteiger partial charge in [0, 0.05) is 1.43 Å². The van der Waals surface area contributed by atoms with Crippen molar-refractivity contribution in [2.45, 2.75) is 6.04 Å². The molecular formula is C6H18N2O5S. The molecule has 2 aliphatic rings. The first-order valence-corrected chi connectivity index (χ1v) is 4.06. The zero-order chi connectivity index (χ0) is 8.97. The number of thiol groups is 1. The van der Waals surface area contributed by atoms with Crippen LogP contribution in [0.25, 0.3) is 0 Å². The fraction of sp³-hybridized carbons (Fsp3) is 0.833. The minimum Gasteiger partial charge on any atom is -0.447 e. The van der Waals surface area contributed by atoms with E-state index >= 15 is 0 Å². The molecule has 2 fully saturated rings. The van der Waals surface area contributed by atoms with Crippen LogP contribution in [0.15, 0.2) is 0 Å². The van der Waals surface area contributed by atoms with Crippen molar-refractivity contribution in [1.29, 1.82) is 0 Å². The summed E-state index contributed by atoms with van der Waals surface area (Å²) in [5, 5.41) is 0. The molecule has 0 atom stereocenters. The molecule has 0 aliphatic carbocycles. The van der Waals surface area contributed by atoms with Crippen molar-refractivity contribution in [3.05, 3.63) is 0 Å². The van der Waals surface area contributed by atoms with Crippen molar-refractivity contribution >= 4 is 18.9 Å². The van der Waals surface area contributed by atoms with Crippen molar-refractivity contribution in [2.75, 3.05) is 26.4 Å². The molecule has 0 aromatic heterocycles. The summed E-state index contributed by atoms with van der Waals surface area (Å²) in [6, 6.07) is 0.343. The van der Waals surface area contributed by atoms with Crippen LogP contribution in [0, 0.1) is 0 Å². The van der Waals surface area contributed by atoms with Gasteiger partial charge < -0.3 is 26.2 Å². The fourth-order valence-electron chi connectivity index (χ4n) is 0.639. The van der Waals surface area contributed by atoms with E-state index in [9.17, 15) is 4.79 Å². The van der Waals surface area contributed by atoms with Gasteiger partial charge in [-0.3, -0.25) is 4.31 Å². The Labute approximate surface area is 88.8 Å². The monoisotopic (exact) mass is 230 g/mol. The molecule has 0 bridgehead atoms. The van der Waals surface area contributed by atoms with Gasteiger partial charge in [0.15, 0.2) is 0 Å². The molecule has 2 heterocycles. The number of carbonyl (C=O) groups is 1. The average Bonchev–Trinajstić information content (AvgIpc) is 2.34. The van der Waals surface area contributed by atoms with Gasteiger partial charge in [-0.25, -0.2) is 4.79 Å². The largest absolute Gasteiger partial charge is 0.447 e. The molecule has 1 amide bonds. The van der Waals surface area contributed by atoms with Gasteiger partial charge in [0.05, 0.1) is 25.8 Å². The van der Waals surface area contributed by atoms with Gasteiger partial charge in [0.2, 0.25) is 0 Å². The van der Waals surface area contributed by atoms with Crippen LogP contribution in [-0.2, 0) is 9.47 Å². The van der Waals surface area contributed by atoms with Gasteiger partial charge in [-0.05, 0) is 0 Å². The maximum Gasteiger partial charge on any atom is 0.419 e. The highest BCUT2D eigenvalue weighted by molar-refractivity contribution is 7.78. The zero-order valence-corrected chi connectivity index (χ0v) is 8.50. The highest BCUT2D eigenvalue weighted by Gasteiger charge is 2.17. The number of ether oxygens (including phenoxy) is 2. The van der Waals surface area contributed by atoms with Crippen LogP contribution in [0.2, 0.25) is 0 Å². The Morgan fingerprint density at radius 3 is 2.07 bits per heavy atom. The fourth-order valence-corrected chi connectivity index (χ4v) is 0.779. The lowest BCUT2D eigenvalue weighted by Crippen LogP contribution is -2.41. The SMILES string of the molecule is NC1COC1.O.O.O=C1OCCN1S.[HH]. The Hall–Kier alpha value is -0.540. The van der Waals surface area contributed by atoms with Gasteiger partial charge in [0.25, 0.3) is 0 Å². The Morgan fingerprint density at radius 1 is 1.50 bits per heavy atom. The first kappa shape index (κ1) is 15.9. The second-order valence-electron chi connectivity index (χ2n) is 2.54. The van der Waals surface area contributed by atoms with E-state index < -0.39 is 0 Å². The molecule has 0 aromatic rings. The third-order valence-corrected chi connectivity index (χ3v) is 1.77. The van der Waals surface area contributed by atoms with Crippen LogP contribution < -0.4 is 5.73 Å². The van der Waals surface area contributed by atoms with Gasteiger partial charge in [0.1, 0.15) is 6.61 Å². The molecule has 2 saturated heterocycles. The standard InChI is InChI=1S/C3H5NO2S.C3H7NO.2H2O.H2/c5-3-4(7)1-2-6-3;4-3-1-5-2-3;;;/h7H,1-2H2;3H,1-2,4H2;2*1H2;1H. The summed E-state index contributed by atoms with van der Waals surface area (Å²) < 4.78 is 10.4. The van der Waals surface area contributed by atoms with Crippen molar-refractivity contribution in [1.82, 2.24) is 4.31 Å². The molecule has 0 aromatic carbocycles. The Balaban J connectivity index is -0.000000165. The third-order valence-electron chi connectivity index (χ3n) is 1.40. The minimum absolute atomic E-state index is 0. The molecule has 2 aliphatic heterocycles. The third kappa shape index (κ3) is 5.25. The molecule has 88 valence electrons. The van der Waals surface area contributed by atoms with E-state index in [0.29, 0.717) is 19.2 Å². The normalized spacial score (nSPS) is 19.3. The summed E-state index contributed by atoms with van der Waals surface area (Å²) in [6.45, 7) is 2.60. The molecule has 14 heavy (non-hydrogen) atoms. The molecular weight excluding hydrogens is 212 g/mol. The van der Waals surface area contributed by atoms with Crippen LogP contribution >= 0.6 is 12.8 Å².